The van der Waals surface area contributed by atoms with Gasteiger partial charge in [0, 0.05) is 44.8 Å². The first kappa shape index (κ1) is 34.0. The lowest BCUT2D eigenvalue weighted by Crippen LogP contribution is -2.54. The van der Waals surface area contributed by atoms with E-state index in [2.05, 4.69) is 4.90 Å². The van der Waals surface area contributed by atoms with Gasteiger partial charge in [-0.2, -0.15) is 18.4 Å². The molecule has 2 amide bonds. The summed E-state index contributed by atoms with van der Waals surface area (Å²) in [5.41, 5.74) is 1.45. The number of nitriles is 1. The number of piperazine rings is 1. The third kappa shape index (κ3) is 7.03. The zero-order valence-corrected chi connectivity index (χ0v) is 25.9. The molecule has 0 spiro atoms. The summed E-state index contributed by atoms with van der Waals surface area (Å²) in [5.74, 6) is -4.51. The van der Waals surface area contributed by atoms with Crippen LogP contribution in [-0.4, -0.2) is 77.6 Å². The average Bonchev–Trinajstić information content (AvgIpc) is 3.11. The molecule has 0 aromatic heterocycles. The van der Waals surface area contributed by atoms with Crippen LogP contribution in [0.4, 0.5) is 33.3 Å². The Morgan fingerprint density at radius 3 is 2.33 bits per heavy atom. The molecule has 9 nitrogen and oxygen atoms in total. The number of nitrogens with zero attached hydrogens (tertiary/aromatic N) is 5. The molecule has 2 aromatic rings. The van der Waals surface area contributed by atoms with Crippen LogP contribution in [0.25, 0.3) is 0 Å². The molecule has 0 bridgehead atoms. The molecular weight excluding hydrogens is 619 g/mol. The first-order valence-electron chi connectivity index (χ1n) is 14.1. The summed E-state index contributed by atoms with van der Waals surface area (Å²) >= 11 is 5.53. The quantitative estimate of drug-likeness (QED) is 0.313. The zero-order valence-electron chi connectivity index (χ0n) is 25.1. The molecule has 0 aliphatic carbocycles. The normalized spacial score (nSPS) is 19.6. The highest BCUT2D eigenvalue weighted by molar-refractivity contribution is 7.81. The highest BCUT2D eigenvalue weighted by atomic mass is 32.1. The fourth-order valence-corrected chi connectivity index (χ4v) is 6.10. The molecule has 2 aliphatic heterocycles. The number of carbonyl (C=O) groups excluding carboxylic acids is 2. The number of anilines is 2. The number of alkyl halides is 5. The van der Waals surface area contributed by atoms with E-state index in [1.54, 1.807) is 0 Å². The molecule has 2 heterocycles. The number of rotatable bonds is 9. The van der Waals surface area contributed by atoms with Crippen molar-refractivity contribution in [2.45, 2.75) is 51.4 Å². The third-order valence-corrected chi connectivity index (χ3v) is 8.29. The Morgan fingerprint density at radius 1 is 1.11 bits per heavy atom. The molecule has 45 heavy (non-hydrogen) atoms. The van der Waals surface area contributed by atoms with Crippen LogP contribution >= 0.6 is 12.2 Å². The minimum Gasteiger partial charge on any atom is -0.492 e. The smallest absolute Gasteiger partial charge is 0.417 e. The molecule has 0 unspecified atom stereocenters. The van der Waals surface area contributed by atoms with E-state index in [0.29, 0.717) is 39.2 Å². The number of thiocarbonyl (C=S) groups is 1. The highest BCUT2D eigenvalue weighted by Crippen LogP contribution is 2.43. The maximum atomic E-state index is 14.9. The van der Waals surface area contributed by atoms with Gasteiger partial charge in [0.2, 0.25) is 5.91 Å². The van der Waals surface area contributed by atoms with Crippen molar-refractivity contribution in [2.24, 2.45) is 5.73 Å². The predicted molar refractivity (Wildman–Crippen MR) is 161 cm³/mol. The lowest BCUT2D eigenvalue weighted by molar-refractivity contribution is -0.137. The van der Waals surface area contributed by atoms with E-state index in [-0.39, 0.29) is 41.4 Å². The van der Waals surface area contributed by atoms with E-state index < -0.39 is 46.1 Å². The predicted octanol–water partition coefficient (Wildman–Crippen LogP) is 4.48. The van der Waals surface area contributed by atoms with Crippen LogP contribution < -0.4 is 20.3 Å². The Morgan fingerprint density at radius 2 is 1.76 bits per heavy atom. The number of amides is 2. The van der Waals surface area contributed by atoms with Crippen LogP contribution in [0, 0.1) is 11.3 Å². The summed E-state index contributed by atoms with van der Waals surface area (Å²) in [6, 6.07) is 8.33. The van der Waals surface area contributed by atoms with Gasteiger partial charge in [0.25, 0.3) is 11.8 Å². The molecule has 242 valence electrons. The summed E-state index contributed by atoms with van der Waals surface area (Å²) in [5, 5.41) is 8.93. The average molecular weight is 653 g/mol. The largest absolute Gasteiger partial charge is 0.492 e. The van der Waals surface area contributed by atoms with Gasteiger partial charge in [0.15, 0.2) is 5.11 Å². The molecule has 2 N–H and O–H groups in total. The van der Waals surface area contributed by atoms with E-state index in [4.69, 9.17) is 28.0 Å². The number of primary amides is 1. The molecule has 0 saturated carbocycles. The molecule has 0 radical (unpaired) electrons. The Labute approximate surface area is 262 Å². The van der Waals surface area contributed by atoms with Crippen molar-refractivity contribution in [3.63, 3.8) is 0 Å². The number of nitrogens with two attached hydrogens (primary N) is 1. The lowest BCUT2D eigenvalue weighted by atomic mass is 10.0. The minimum atomic E-state index is -4.87. The van der Waals surface area contributed by atoms with Gasteiger partial charge in [0.05, 0.1) is 35.0 Å². The highest BCUT2D eigenvalue weighted by Gasteiger charge is 2.51. The summed E-state index contributed by atoms with van der Waals surface area (Å²) in [6.45, 7) is 8.26. The van der Waals surface area contributed by atoms with Gasteiger partial charge < -0.3 is 15.4 Å². The van der Waals surface area contributed by atoms with Crippen molar-refractivity contribution >= 4 is 40.5 Å². The Balaban J connectivity index is 1.57. The summed E-state index contributed by atoms with van der Waals surface area (Å²) in [6.07, 6.45) is -4.87. The number of ether oxygens (including phenoxy) is 1. The van der Waals surface area contributed by atoms with Gasteiger partial charge in [-0.3, -0.25) is 24.3 Å². The molecule has 2 aromatic carbocycles. The van der Waals surface area contributed by atoms with E-state index in [9.17, 15) is 31.5 Å². The van der Waals surface area contributed by atoms with Crippen molar-refractivity contribution in [3.05, 3.63) is 53.1 Å². The summed E-state index contributed by atoms with van der Waals surface area (Å²) < 4.78 is 76.6. The number of halogens is 5. The van der Waals surface area contributed by atoms with Gasteiger partial charge in [-0.05, 0) is 69.4 Å². The van der Waals surface area contributed by atoms with Crippen molar-refractivity contribution < 1.29 is 36.3 Å². The third-order valence-electron chi connectivity index (χ3n) is 7.92. The van der Waals surface area contributed by atoms with Crippen molar-refractivity contribution in [2.75, 3.05) is 49.1 Å². The van der Waals surface area contributed by atoms with Crippen LogP contribution in [0.2, 0.25) is 0 Å². The number of benzene rings is 2. The summed E-state index contributed by atoms with van der Waals surface area (Å²) in [4.78, 5) is 31.1. The van der Waals surface area contributed by atoms with E-state index in [1.807, 2.05) is 11.8 Å². The zero-order chi connectivity index (χ0) is 33.5. The van der Waals surface area contributed by atoms with E-state index >= 15 is 0 Å². The van der Waals surface area contributed by atoms with Crippen LogP contribution in [-0.2, 0) is 21.7 Å². The van der Waals surface area contributed by atoms with Crippen molar-refractivity contribution in [1.82, 2.24) is 9.80 Å². The SMILES string of the molecule is C[C@@H]1CN(CCOc2ccc(N3C(=S)N(c4ccc(C#N)c(C(F)(F)F)c4)C(=O)C3(C)C)cc2C(C)(F)F)CCN1CC(N)=O. The Bertz CT molecular complexity index is 1540. The van der Waals surface area contributed by atoms with Crippen LogP contribution in [0.5, 0.6) is 5.75 Å². The molecular formula is C30H33F5N6O3S. The molecule has 2 saturated heterocycles. The number of hydrogen-bond acceptors (Lipinski definition) is 7. The monoisotopic (exact) mass is 652 g/mol. The van der Waals surface area contributed by atoms with Gasteiger partial charge in [0.1, 0.15) is 17.9 Å². The fraction of sp³-hybridized carbons (Fsp3) is 0.467. The maximum Gasteiger partial charge on any atom is 0.417 e. The number of hydrogen-bond donors (Lipinski definition) is 1. The van der Waals surface area contributed by atoms with Crippen LogP contribution in [0.3, 0.4) is 0 Å². The van der Waals surface area contributed by atoms with Gasteiger partial charge in [-0.1, -0.05) is 0 Å². The van der Waals surface area contributed by atoms with Crippen molar-refractivity contribution in [1.29, 1.82) is 5.26 Å². The van der Waals surface area contributed by atoms with Crippen LogP contribution in [0.15, 0.2) is 36.4 Å². The standard InChI is InChI=1S/C30H33F5N6O3S/c1-18-16-38(9-10-39(18)17-25(37)42)11-12-44-24-8-7-21(14-23(24)29(4,31)32)41-27(45)40(26(43)28(41,2)3)20-6-5-19(15-36)22(13-20)30(33,34)35/h5-8,13-14,18H,9-12,16-17H2,1-4H3,(H2,37,42)/t18-/m1/s1. The lowest BCUT2D eigenvalue weighted by Gasteiger charge is -2.39. The topological polar surface area (TPSA) is 106 Å². The second-order valence-electron chi connectivity index (χ2n) is 11.7. The van der Waals surface area contributed by atoms with Crippen molar-refractivity contribution in [3.8, 4) is 11.8 Å². The van der Waals surface area contributed by atoms with Gasteiger partial charge in [-0.15, -0.1) is 0 Å². The number of carbonyl (C=O) groups is 2. The first-order chi connectivity index (χ1) is 20.9. The van der Waals surface area contributed by atoms with Gasteiger partial charge >= 0.3 is 6.18 Å². The molecule has 4 rings (SSSR count). The second kappa shape index (κ2) is 12.5. The minimum absolute atomic E-state index is 0.0697. The van der Waals surface area contributed by atoms with Crippen LogP contribution in [0.1, 0.15) is 44.4 Å². The Hall–Kier alpha value is -3.87. The molecule has 2 aliphatic rings. The van der Waals surface area contributed by atoms with E-state index in [0.717, 1.165) is 17.0 Å². The van der Waals surface area contributed by atoms with Gasteiger partial charge in [-0.25, -0.2) is 8.78 Å². The molecule has 1 atom stereocenters. The summed E-state index contributed by atoms with van der Waals surface area (Å²) in [7, 11) is 0. The molecule has 2 fully saturated rings. The second-order valence-corrected chi connectivity index (χ2v) is 12.0. The first-order valence-corrected chi connectivity index (χ1v) is 14.5. The maximum absolute atomic E-state index is 14.9. The fourth-order valence-electron chi connectivity index (χ4n) is 5.58. The Kier molecular flexibility index (Phi) is 9.44. The van der Waals surface area contributed by atoms with E-state index in [1.165, 1.54) is 43.0 Å². The molecule has 15 heteroatoms.